The fraction of sp³-hybridized carbons (Fsp3) is 0.375. The van der Waals surface area contributed by atoms with E-state index in [1.54, 1.807) is 6.92 Å². The molecule has 0 bridgehead atoms. The van der Waals surface area contributed by atoms with Crippen LogP contribution in [0.5, 0.6) is 0 Å². The predicted molar refractivity (Wildman–Crippen MR) is 96.0 cm³/mol. The Kier molecular flexibility index (Phi) is 8.87. The number of likely N-dealkylation sites (N-methyl/N-ethyl adjacent to an activating group) is 1. The van der Waals surface area contributed by atoms with Gasteiger partial charge in [-0.05, 0) is 32.0 Å². The smallest absolute Gasteiger partial charge is 0.325 e. The van der Waals surface area contributed by atoms with Gasteiger partial charge in [0.1, 0.15) is 12.6 Å². The zero-order chi connectivity index (χ0) is 19.7. The number of benzene rings is 1. The van der Waals surface area contributed by atoms with E-state index in [9.17, 15) is 19.2 Å². The summed E-state index contributed by atoms with van der Waals surface area (Å²) in [6.07, 6.45) is 0. The second kappa shape index (κ2) is 10.6. The number of carbonyl (C=O) groups excluding carboxylic acids is 4. The summed E-state index contributed by atoms with van der Waals surface area (Å²) >= 11 is 11.6. The zero-order valence-corrected chi connectivity index (χ0v) is 15.7. The lowest BCUT2D eigenvalue weighted by atomic mass is 10.2. The lowest BCUT2D eigenvalue weighted by Gasteiger charge is -2.13. The third kappa shape index (κ3) is 7.28. The van der Waals surface area contributed by atoms with Gasteiger partial charge < -0.3 is 20.7 Å². The molecule has 8 nitrogen and oxygen atoms in total. The number of hydrogen-bond donors (Lipinski definition) is 3. The molecule has 0 fully saturated rings. The Bertz CT molecular complexity index is 696. The Morgan fingerprint density at radius 3 is 2.46 bits per heavy atom. The molecular formula is C16H19Cl2N3O5. The minimum absolute atomic E-state index is 0.141. The molecule has 3 amide bonds. The summed E-state index contributed by atoms with van der Waals surface area (Å²) < 4.78 is 4.73. The highest BCUT2D eigenvalue weighted by molar-refractivity contribution is 6.36. The molecule has 0 aliphatic carbocycles. The largest absolute Gasteiger partial charge is 0.454 e. The molecule has 0 aliphatic heterocycles. The normalized spacial score (nSPS) is 11.2. The fourth-order valence-electron chi connectivity index (χ4n) is 1.79. The monoisotopic (exact) mass is 403 g/mol. The molecule has 0 aromatic heterocycles. The van der Waals surface area contributed by atoms with Crippen molar-refractivity contribution in [2.75, 3.05) is 19.7 Å². The highest BCUT2D eigenvalue weighted by atomic mass is 35.5. The van der Waals surface area contributed by atoms with E-state index in [1.807, 2.05) is 0 Å². The number of nitrogens with one attached hydrogen (secondary N) is 3. The third-order valence-electron chi connectivity index (χ3n) is 3.06. The van der Waals surface area contributed by atoms with Crippen LogP contribution in [0, 0.1) is 0 Å². The van der Waals surface area contributed by atoms with Crippen molar-refractivity contribution in [2.45, 2.75) is 19.9 Å². The molecule has 0 spiro atoms. The van der Waals surface area contributed by atoms with Crippen LogP contribution in [0.3, 0.4) is 0 Å². The van der Waals surface area contributed by atoms with Crippen molar-refractivity contribution in [3.05, 3.63) is 33.8 Å². The van der Waals surface area contributed by atoms with E-state index in [1.165, 1.54) is 25.1 Å². The Morgan fingerprint density at radius 1 is 1.15 bits per heavy atom. The van der Waals surface area contributed by atoms with Gasteiger partial charge in [-0.1, -0.05) is 23.2 Å². The summed E-state index contributed by atoms with van der Waals surface area (Å²) in [6, 6.07) is 3.55. The standard InChI is InChI=1S/C16H19Cl2N3O5/c1-3-19-15(24)9(2)21-13(22)8-26-14(23)7-20-16(25)11-5-4-10(17)6-12(11)18/h4-6,9H,3,7-8H2,1-2H3,(H,19,24)(H,20,25)(H,21,22)/t9-/m1/s1. The molecule has 0 radical (unpaired) electrons. The van der Waals surface area contributed by atoms with Gasteiger partial charge in [-0.25, -0.2) is 0 Å². The zero-order valence-electron chi connectivity index (χ0n) is 14.2. The van der Waals surface area contributed by atoms with Crippen molar-refractivity contribution in [3.8, 4) is 0 Å². The van der Waals surface area contributed by atoms with E-state index >= 15 is 0 Å². The molecule has 3 N–H and O–H groups in total. The summed E-state index contributed by atoms with van der Waals surface area (Å²) in [4.78, 5) is 46.6. The van der Waals surface area contributed by atoms with E-state index in [0.29, 0.717) is 11.6 Å². The molecule has 0 aliphatic rings. The first kappa shape index (κ1) is 21.7. The second-order valence-corrected chi connectivity index (χ2v) is 5.99. The molecule has 0 saturated heterocycles. The van der Waals surface area contributed by atoms with Crippen LogP contribution in [0.2, 0.25) is 10.0 Å². The number of carbonyl (C=O) groups is 4. The average molecular weight is 404 g/mol. The van der Waals surface area contributed by atoms with Gasteiger partial charge in [0.15, 0.2) is 6.61 Å². The summed E-state index contributed by atoms with van der Waals surface area (Å²) in [6.45, 7) is 2.67. The van der Waals surface area contributed by atoms with Crippen LogP contribution >= 0.6 is 23.2 Å². The van der Waals surface area contributed by atoms with Gasteiger partial charge in [0.2, 0.25) is 5.91 Å². The van der Waals surface area contributed by atoms with Crippen molar-refractivity contribution in [1.29, 1.82) is 0 Å². The van der Waals surface area contributed by atoms with E-state index in [0.717, 1.165) is 0 Å². The maximum atomic E-state index is 11.9. The van der Waals surface area contributed by atoms with Crippen molar-refractivity contribution in [1.82, 2.24) is 16.0 Å². The van der Waals surface area contributed by atoms with E-state index in [2.05, 4.69) is 16.0 Å². The van der Waals surface area contributed by atoms with Crippen LogP contribution < -0.4 is 16.0 Å². The molecule has 1 aromatic carbocycles. The lowest BCUT2D eigenvalue weighted by molar-refractivity contribution is -0.147. The first-order valence-corrected chi connectivity index (χ1v) is 8.46. The predicted octanol–water partition coefficient (Wildman–Crippen LogP) is 0.907. The number of hydrogen-bond acceptors (Lipinski definition) is 5. The van der Waals surface area contributed by atoms with Gasteiger partial charge in [0, 0.05) is 11.6 Å². The quantitative estimate of drug-likeness (QED) is 0.558. The van der Waals surface area contributed by atoms with Gasteiger partial charge in [0.25, 0.3) is 11.8 Å². The Morgan fingerprint density at radius 2 is 1.85 bits per heavy atom. The van der Waals surface area contributed by atoms with Crippen molar-refractivity contribution in [2.24, 2.45) is 0 Å². The first-order valence-electron chi connectivity index (χ1n) is 7.70. The molecular weight excluding hydrogens is 385 g/mol. The molecule has 0 saturated carbocycles. The topological polar surface area (TPSA) is 114 Å². The molecule has 142 valence electrons. The van der Waals surface area contributed by atoms with Crippen LogP contribution in [0.4, 0.5) is 0 Å². The molecule has 1 aromatic rings. The highest BCUT2D eigenvalue weighted by Crippen LogP contribution is 2.20. The van der Waals surface area contributed by atoms with Gasteiger partial charge in [-0.15, -0.1) is 0 Å². The van der Waals surface area contributed by atoms with Crippen molar-refractivity contribution in [3.63, 3.8) is 0 Å². The van der Waals surface area contributed by atoms with Crippen LogP contribution in [0.15, 0.2) is 18.2 Å². The van der Waals surface area contributed by atoms with Crippen LogP contribution in [0.1, 0.15) is 24.2 Å². The van der Waals surface area contributed by atoms with Crippen LogP contribution in [-0.2, 0) is 19.1 Å². The van der Waals surface area contributed by atoms with Gasteiger partial charge in [0.05, 0.1) is 10.6 Å². The molecule has 0 heterocycles. The van der Waals surface area contributed by atoms with Gasteiger partial charge in [-0.3, -0.25) is 19.2 Å². The minimum atomic E-state index is -0.816. The third-order valence-corrected chi connectivity index (χ3v) is 3.60. The molecule has 10 heteroatoms. The number of ether oxygens (including phenoxy) is 1. The Balaban J connectivity index is 2.37. The summed E-state index contributed by atoms with van der Waals surface area (Å²) in [5, 5.41) is 7.76. The number of halogens is 2. The van der Waals surface area contributed by atoms with Crippen molar-refractivity contribution >= 4 is 46.9 Å². The van der Waals surface area contributed by atoms with Crippen LogP contribution in [0.25, 0.3) is 0 Å². The first-order chi connectivity index (χ1) is 12.2. The average Bonchev–Trinajstić information content (AvgIpc) is 2.58. The Labute approximate surface area is 160 Å². The van der Waals surface area contributed by atoms with Crippen LogP contribution in [-0.4, -0.2) is 49.4 Å². The summed E-state index contributed by atoms with van der Waals surface area (Å²) in [5.74, 6) is -2.38. The molecule has 0 unspecified atom stereocenters. The van der Waals surface area contributed by atoms with E-state index < -0.39 is 37.0 Å². The molecule has 26 heavy (non-hydrogen) atoms. The van der Waals surface area contributed by atoms with Gasteiger partial charge in [-0.2, -0.15) is 0 Å². The SMILES string of the molecule is CCNC(=O)[C@@H](C)NC(=O)COC(=O)CNC(=O)c1ccc(Cl)cc1Cl. The summed E-state index contributed by atoms with van der Waals surface area (Å²) in [5.41, 5.74) is 0.150. The summed E-state index contributed by atoms with van der Waals surface area (Å²) in [7, 11) is 0. The van der Waals surface area contributed by atoms with E-state index in [-0.39, 0.29) is 16.5 Å². The minimum Gasteiger partial charge on any atom is -0.454 e. The molecule has 1 rings (SSSR count). The molecule has 1 atom stereocenters. The highest BCUT2D eigenvalue weighted by Gasteiger charge is 2.17. The fourth-order valence-corrected chi connectivity index (χ4v) is 2.29. The maximum Gasteiger partial charge on any atom is 0.325 e. The lowest BCUT2D eigenvalue weighted by Crippen LogP contribution is -2.46. The van der Waals surface area contributed by atoms with Gasteiger partial charge >= 0.3 is 5.97 Å². The maximum absolute atomic E-state index is 11.9. The number of esters is 1. The number of amides is 3. The second-order valence-electron chi connectivity index (χ2n) is 5.15. The van der Waals surface area contributed by atoms with E-state index in [4.69, 9.17) is 27.9 Å². The van der Waals surface area contributed by atoms with Crippen molar-refractivity contribution < 1.29 is 23.9 Å². The Hall–Kier alpha value is -2.32. The number of rotatable bonds is 8.